The van der Waals surface area contributed by atoms with Gasteiger partial charge in [0.25, 0.3) is 0 Å². The molecule has 1 aliphatic heterocycles. The molecule has 122 valence electrons. The van der Waals surface area contributed by atoms with Crippen LogP contribution < -0.4 is 5.32 Å². The van der Waals surface area contributed by atoms with Gasteiger partial charge in [-0.2, -0.15) is 15.8 Å². The molecule has 1 aromatic carbocycles. The molecule has 1 aliphatic carbocycles. The highest BCUT2D eigenvalue weighted by Crippen LogP contribution is 2.80. The van der Waals surface area contributed by atoms with Crippen LogP contribution in [0.25, 0.3) is 0 Å². The standard InChI is InChI=1S/C18H12N4O3/c1-2-25-16(24)18-13(11-6-4-3-5-7-11)17(18,10-21)14(22-15(18)23)12(8-19)9-20/h3-7,13H,2H2,1H3,(H,22,23). The van der Waals surface area contributed by atoms with E-state index >= 15 is 0 Å². The van der Waals surface area contributed by atoms with Crippen LogP contribution in [0.5, 0.6) is 0 Å². The smallest absolute Gasteiger partial charge is 0.324 e. The molecule has 25 heavy (non-hydrogen) atoms. The van der Waals surface area contributed by atoms with Gasteiger partial charge in [0.15, 0.2) is 11.0 Å². The number of rotatable bonds is 3. The van der Waals surface area contributed by atoms with Crippen molar-refractivity contribution < 1.29 is 14.3 Å². The summed E-state index contributed by atoms with van der Waals surface area (Å²) in [5.41, 5.74) is -3.34. The van der Waals surface area contributed by atoms with Crippen molar-refractivity contribution in [3.8, 4) is 18.2 Å². The van der Waals surface area contributed by atoms with Gasteiger partial charge in [-0.3, -0.25) is 9.59 Å². The van der Waals surface area contributed by atoms with Gasteiger partial charge >= 0.3 is 5.97 Å². The Hall–Kier alpha value is -3.63. The van der Waals surface area contributed by atoms with Crippen molar-refractivity contribution in [1.82, 2.24) is 5.32 Å². The normalized spacial score (nSPS) is 28.6. The molecule has 1 saturated carbocycles. The molecule has 1 N–H and O–H groups in total. The van der Waals surface area contributed by atoms with Crippen molar-refractivity contribution in [2.24, 2.45) is 10.8 Å². The van der Waals surface area contributed by atoms with Crippen LogP contribution in [0.15, 0.2) is 41.6 Å². The Morgan fingerprint density at radius 1 is 1.24 bits per heavy atom. The number of nitriles is 3. The first-order chi connectivity index (χ1) is 12.1. The fraction of sp³-hybridized carbons (Fsp3) is 0.278. The number of carbonyl (C=O) groups is 2. The molecule has 1 saturated heterocycles. The molecule has 0 bridgehead atoms. The lowest BCUT2D eigenvalue weighted by Gasteiger charge is -2.13. The third kappa shape index (κ3) is 1.71. The summed E-state index contributed by atoms with van der Waals surface area (Å²) in [6, 6.07) is 14.0. The molecule has 3 rings (SSSR count). The van der Waals surface area contributed by atoms with Crippen LogP contribution in [0.2, 0.25) is 0 Å². The van der Waals surface area contributed by atoms with Gasteiger partial charge in [0, 0.05) is 5.92 Å². The van der Waals surface area contributed by atoms with Gasteiger partial charge in [0.1, 0.15) is 17.6 Å². The van der Waals surface area contributed by atoms with Crippen LogP contribution in [0.4, 0.5) is 0 Å². The minimum absolute atomic E-state index is 0.0410. The van der Waals surface area contributed by atoms with Gasteiger partial charge in [-0.25, -0.2) is 0 Å². The van der Waals surface area contributed by atoms with E-state index in [1.54, 1.807) is 49.4 Å². The lowest BCUT2D eigenvalue weighted by Crippen LogP contribution is -2.34. The molecular weight excluding hydrogens is 320 g/mol. The summed E-state index contributed by atoms with van der Waals surface area (Å²) < 4.78 is 5.08. The first kappa shape index (κ1) is 16.2. The molecule has 3 unspecified atom stereocenters. The fourth-order valence-corrected chi connectivity index (χ4v) is 3.80. The lowest BCUT2D eigenvalue weighted by molar-refractivity contribution is -0.154. The quantitative estimate of drug-likeness (QED) is 0.504. The van der Waals surface area contributed by atoms with Crippen molar-refractivity contribution in [3.05, 3.63) is 47.2 Å². The molecule has 1 aromatic rings. The van der Waals surface area contributed by atoms with Crippen molar-refractivity contribution in [2.75, 3.05) is 6.61 Å². The van der Waals surface area contributed by atoms with Gasteiger partial charge in [-0.05, 0) is 12.5 Å². The summed E-state index contributed by atoms with van der Waals surface area (Å²) in [6.07, 6.45) is 0. The molecule has 7 heteroatoms. The third-order valence-corrected chi connectivity index (χ3v) is 4.78. The predicted molar refractivity (Wildman–Crippen MR) is 82.7 cm³/mol. The van der Waals surface area contributed by atoms with E-state index in [0.29, 0.717) is 5.56 Å². The average Bonchev–Trinajstić information content (AvgIpc) is 3.19. The monoisotopic (exact) mass is 332 g/mol. The van der Waals surface area contributed by atoms with Crippen LogP contribution in [0.1, 0.15) is 18.4 Å². The van der Waals surface area contributed by atoms with Crippen LogP contribution in [-0.2, 0) is 14.3 Å². The highest BCUT2D eigenvalue weighted by molar-refractivity contribution is 6.15. The van der Waals surface area contributed by atoms with E-state index in [4.69, 9.17) is 4.74 Å². The summed E-state index contributed by atoms with van der Waals surface area (Å²) in [4.78, 5) is 25.4. The first-order valence-corrected chi connectivity index (χ1v) is 7.56. The van der Waals surface area contributed by atoms with Gasteiger partial charge in [-0.1, -0.05) is 30.3 Å². The number of fused-ring (bicyclic) bond motifs is 1. The molecule has 1 heterocycles. The number of hydrogen-bond acceptors (Lipinski definition) is 6. The number of nitrogens with zero attached hydrogens (tertiary/aromatic N) is 3. The Kier molecular flexibility index (Phi) is 3.55. The average molecular weight is 332 g/mol. The number of ether oxygens (including phenoxy) is 1. The third-order valence-electron chi connectivity index (χ3n) is 4.78. The number of carbonyl (C=O) groups excluding carboxylic acids is 2. The SMILES string of the molecule is CCOC(=O)C12C(=O)NC(=C(C#N)C#N)C1(C#N)C2c1ccccc1. The van der Waals surface area contributed by atoms with Crippen LogP contribution in [-0.4, -0.2) is 18.5 Å². The zero-order valence-corrected chi connectivity index (χ0v) is 13.2. The number of nitrogens with one attached hydrogen (secondary N) is 1. The van der Waals surface area contributed by atoms with Crippen molar-refractivity contribution in [1.29, 1.82) is 15.8 Å². The summed E-state index contributed by atoms with van der Waals surface area (Å²) >= 11 is 0. The zero-order valence-electron chi connectivity index (χ0n) is 13.2. The fourth-order valence-electron chi connectivity index (χ4n) is 3.80. The van der Waals surface area contributed by atoms with Crippen molar-refractivity contribution in [3.63, 3.8) is 0 Å². The summed E-state index contributed by atoms with van der Waals surface area (Å²) in [7, 11) is 0. The molecule has 2 aliphatic rings. The molecule has 1 amide bonds. The van der Waals surface area contributed by atoms with E-state index in [1.165, 1.54) is 0 Å². The number of hydrogen-bond donors (Lipinski definition) is 1. The van der Waals surface area contributed by atoms with E-state index in [1.807, 2.05) is 6.07 Å². The molecule has 7 nitrogen and oxygen atoms in total. The largest absolute Gasteiger partial charge is 0.465 e. The van der Waals surface area contributed by atoms with Gasteiger partial charge in [0.05, 0.1) is 18.4 Å². The van der Waals surface area contributed by atoms with E-state index in [2.05, 4.69) is 5.32 Å². The number of allylic oxidation sites excluding steroid dienone is 2. The maximum Gasteiger partial charge on any atom is 0.324 e. The van der Waals surface area contributed by atoms with Gasteiger partial charge in [0.2, 0.25) is 5.91 Å². The summed E-state index contributed by atoms with van der Waals surface area (Å²) in [5, 5.41) is 30.7. The molecule has 0 radical (unpaired) electrons. The summed E-state index contributed by atoms with van der Waals surface area (Å²) in [6.45, 7) is 1.64. The second-order valence-electron chi connectivity index (χ2n) is 5.72. The van der Waals surface area contributed by atoms with Gasteiger partial charge in [-0.15, -0.1) is 0 Å². The van der Waals surface area contributed by atoms with Gasteiger partial charge < -0.3 is 10.1 Å². The minimum atomic E-state index is -1.78. The highest BCUT2D eigenvalue weighted by atomic mass is 16.5. The minimum Gasteiger partial charge on any atom is -0.465 e. The Labute approximate surface area is 143 Å². The zero-order chi connectivity index (χ0) is 18.2. The molecule has 2 fully saturated rings. The Morgan fingerprint density at radius 2 is 1.88 bits per heavy atom. The number of benzene rings is 1. The first-order valence-electron chi connectivity index (χ1n) is 7.56. The van der Waals surface area contributed by atoms with Crippen molar-refractivity contribution >= 4 is 11.9 Å². The lowest BCUT2D eigenvalue weighted by atomic mass is 9.92. The van der Waals surface area contributed by atoms with E-state index < -0.39 is 28.6 Å². The summed E-state index contributed by atoms with van der Waals surface area (Å²) in [5.74, 6) is -2.36. The molecule has 3 atom stereocenters. The second-order valence-corrected chi connectivity index (χ2v) is 5.72. The van der Waals surface area contributed by atoms with Crippen LogP contribution in [0.3, 0.4) is 0 Å². The molecule has 0 spiro atoms. The maximum absolute atomic E-state index is 12.7. The Bertz CT molecular complexity index is 916. The predicted octanol–water partition coefficient (Wildman–Crippen LogP) is 1.27. The van der Waals surface area contributed by atoms with Crippen molar-refractivity contribution in [2.45, 2.75) is 12.8 Å². The van der Waals surface area contributed by atoms with Crippen LogP contribution >= 0.6 is 0 Å². The topological polar surface area (TPSA) is 127 Å². The van der Waals surface area contributed by atoms with E-state index in [-0.39, 0.29) is 17.9 Å². The molecular formula is C18H12N4O3. The number of amides is 1. The number of esters is 1. The Morgan fingerprint density at radius 3 is 2.40 bits per heavy atom. The van der Waals surface area contributed by atoms with Crippen LogP contribution in [0, 0.1) is 44.8 Å². The van der Waals surface area contributed by atoms with E-state index in [9.17, 15) is 25.4 Å². The second kappa shape index (κ2) is 5.47. The maximum atomic E-state index is 12.7. The molecule has 0 aromatic heterocycles. The Balaban J connectivity index is 2.31. The number of piperidine rings is 1. The van der Waals surface area contributed by atoms with E-state index in [0.717, 1.165) is 0 Å². The highest BCUT2D eigenvalue weighted by Gasteiger charge is 2.92.